The molecular formula is C42H49N5O2. The Morgan fingerprint density at radius 3 is 1.55 bits per heavy atom. The normalized spacial score (nSPS) is 13.1. The zero-order chi connectivity index (χ0) is 35.0. The number of nitro groups is 1. The van der Waals surface area contributed by atoms with Crippen molar-refractivity contribution in [2.45, 2.75) is 107 Å². The summed E-state index contributed by atoms with van der Waals surface area (Å²) in [6.07, 6.45) is 7.00. The highest BCUT2D eigenvalue weighted by Gasteiger charge is 2.26. The third-order valence-electron chi connectivity index (χ3n) is 10.5. The van der Waals surface area contributed by atoms with Gasteiger partial charge in [0.25, 0.3) is 5.69 Å². The van der Waals surface area contributed by atoms with Crippen molar-refractivity contribution in [3.05, 3.63) is 97.6 Å². The standard InChI is InChI=1S/C42H49N5O2/c1-9-26-28(11-3)36-22-38-30(13-5)32(15-7)41(45-38)40(24-17-19-25(20-18-24)47(48)49)42-33(16-8)31(14-6)39(46-42)23-37-29(12-4)27(10-2)35(44-37)21-34(26)43-36/h17-23,43,45H,9-16H2,1-8H3. The van der Waals surface area contributed by atoms with Crippen LogP contribution in [0, 0.1) is 10.1 Å². The van der Waals surface area contributed by atoms with E-state index in [9.17, 15) is 10.1 Å². The van der Waals surface area contributed by atoms with E-state index in [-0.39, 0.29) is 10.6 Å². The number of allylic oxidation sites excluding steroid dienone is 4. The minimum Gasteiger partial charge on any atom is -0.355 e. The summed E-state index contributed by atoms with van der Waals surface area (Å²) in [4.78, 5) is 29.9. The molecule has 7 nitrogen and oxygen atoms in total. The Balaban J connectivity index is 1.91. The first-order valence-electron chi connectivity index (χ1n) is 18.3. The van der Waals surface area contributed by atoms with E-state index in [1.54, 1.807) is 12.1 Å². The van der Waals surface area contributed by atoms with Crippen LogP contribution in [-0.2, 0) is 25.7 Å². The molecule has 0 saturated carbocycles. The van der Waals surface area contributed by atoms with Crippen LogP contribution in [0.15, 0.2) is 42.5 Å². The van der Waals surface area contributed by atoms with Crippen molar-refractivity contribution in [1.82, 2.24) is 19.9 Å². The molecule has 7 heteroatoms. The fraction of sp³-hybridized carbons (Fsp3) is 0.381. The van der Waals surface area contributed by atoms with Gasteiger partial charge in [0, 0.05) is 34.2 Å². The monoisotopic (exact) mass is 655 g/mol. The number of benzene rings is 1. The molecule has 2 N–H and O–H groups in total. The molecule has 0 unspecified atom stereocenters. The van der Waals surface area contributed by atoms with Crippen LogP contribution in [0.5, 0.6) is 0 Å². The SMILES string of the molecule is CCC1=C(CC)c2cc3[nH]c(cc4[nH]c(c(CC)c4CC)c(-c4ccc([N+](=O)[O-])cc4)c4nc(cc1n2)C(CC)=C4CC)c(CC)c3CC. The number of aryl methyl sites for hydroxylation is 4. The van der Waals surface area contributed by atoms with Gasteiger partial charge < -0.3 is 9.97 Å². The maximum atomic E-state index is 11.7. The molecule has 1 aromatic carbocycles. The van der Waals surface area contributed by atoms with E-state index >= 15 is 0 Å². The minimum absolute atomic E-state index is 0.0764. The number of fused-ring (bicyclic) bond motifs is 8. The molecule has 3 aromatic heterocycles. The van der Waals surface area contributed by atoms with Crippen LogP contribution in [0.3, 0.4) is 0 Å². The summed E-state index contributed by atoms with van der Waals surface area (Å²) in [7, 11) is 0. The number of non-ortho nitro benzene ring substituents is 1. The van der Waals surface area contributed by atoms with Gasteiger partial charge in [-0.3, -0.25) is 10.1 Å². The highest BCUT2D eigenvalue weighted by molar-refractivity contribution is 6.02. The molecular weight excluding hydrogens is 606 g/mol. The fourth-order valence-corrected chi connectivity index (χ4v) is 8.22. The molecule has 0 spiro atoms. The third-order valence-corrected chi connectivity index (χ3v) is 10.5. The molecule has 2 aliphatic rings. The minimum atomic E-state index is -0.336. The average molecular weight is 656 g/mol. The lowest BCUT2D eigenvalue weighted by molar-refractivity contribution is -0.384. The summed E-state index contributed by atoms with van der Waals surface area (Å²) >= 11 is 0. The molecule has 0 radical (unpaired) electrons. The number of nitrogens with one attached hydrogen (secondary N) is 2. The summed E-state index contributed by atoms with van der Waals surface area (Å²) in [6, 6.07) is 13.8. The number of nitrogens with zero attached hydrogens (tertiary/aromatic N) is 3. The van der Waals surface area contributed by atoms with Crippen LogP contribution >= 0.6 is 0 Å². The maximum absolute atomic E-state index is 11.7. The second-order valence-corrected chi connectivity index (χ2v) is 12.9. The molecule has 49 heavy (non-hydrogen) atoms. The lowest BCUT2D eigenvalue weighted by atomic mass is 9.93. The van der Waals surface area contributed by atoms with E-state index in [1.165, 1.54) is 44.5 Å². The van der Waals surface area contributed by atoms with Crippen molar-refractivity contribution in [1.29, 1.82) is 0 Å². The molecule has 4 aromatic rings. The van der Waals surface area contributed by atoms with E-state index in [0.717, 1.165) is 107 Å². The molecule has 0 amide bonds. The zero-order valence-electron chi connectivity index (χ0n) is 30.4. The van der Waals surface area contributed by atoms with Gasteiger partial charge in [0.1, 0.15) is 0 Å². The van der Waals surface area contributed by atoms with Crippen LogP contribution in [0.25, 0.3) is 55.5 Å². The molecule has 254 valence electrons. The van der Waals surface area contributed by atoms with Crippen molar-refractivity contribution < 1.29 is 4.92 Å². The van der Waals surface area contributed by atoms with Crippen molar-refractivity contribution in [3.8, 4) is 11.1 Å². The summed E-state index contributed by atoms with van der Waals surface area (Å²) < 4.78 is 0. The first-order chi connectivity index (χ1) is 23.8. The molecule has 0 saturated heterocycles. The smallest absolute Gasteiger partial charge is 0.269 e. The lowest BCUT2D eigenvalue weighted by Crippen LogP contribution is -1.93. The Kier molecular flexibility index (Phi) is 9.73. The van der Waals surface area contributed by atoms with E-state index in [4.69, 9.17) is 9.97 Å². The van der Waals surface area contributed by atoms with E-state index in [2.05, 4.69) is 83.6 Å². The Hall–Kier alpha value is -4.78. The van der Waals surface area contributed by atoms with Crippen molar-refractivity contribution in [2.24, 2.45) is 0 Å². The predicted octanol–water partition coefficient (Wildman–Crippen LogP) is 11.6. The predicted molar refractivity (Wildman–Crippen MR) is 205 cm³/mol. The number of nitro benzene ring substituents is 1. The molecule has 0 atom stereocenters. The quantitative estimate of drug-likeness (QED) is 0.131. The van der Waals surface area contributed by atoms with Gasteiger partial charge in [-0.1, -0.05) is 55.4 Å². The third kappa shape index (κ3) is 5.73. The van der Waals surface area contributed by atoms with Gasteiger partial charge in [0.15, 0.2) is 0 Å². The van der Waals surface area contributed by atoms with E-state index in [1.807, 2.05) is 12.1 Å². The number of aromatic nitrogens is 4. The number of rotatable bonds is 10. The van der Waals surface area contributed by atoms with Gasteiger partial charge in [0.05, 0.1) is 33.2 Å². The first kappa shape index (κ1) is 34.1. The van der Waals surface area contributed by atoms with Crippen molar-refractivity contribution in [3.63, 3.8) is 0 Å². The average Bonchev–Trinajstić information content (AvgIpc) is 3.84. The zero-order valence-corrected chi connectivity index (χ0v) is 30.4. The highest BCUT2D eigenvalue weighted by atomic mass is 16.6. The van der Waals surface area contributed by atoms with E-state index in [0.29, 0.717) is 0 Å². The van der Waals surface area contributed by atoms with Gasteiger partial charge >= 0.3 is 0 Å². The summed E-state index contributed by atoms with van der Waals surface area (Å²) in [5.74, 6) is 0. The molecule has 0 aliphatic carbocycles. The van der Waals surface area contributed by atoms with Crippen LogP contribution < -0.4 is 0 Å². The van der Waals surface area contributed by atoms with Gasteiger partial charge in [-0.2, -0.15) is 0 Å². The summed E-state index contributed by atoms with van der Waals surface area (Å²) in [5.41, 5.74) is 20.5. The number of hydrogen-bond acceptors (Lipinski definition) is 4. The number of hydrogen-bond donors (Lipinski definition) is 2. The molecule has 5 heterocycles. The summed E-state index contributed by atoms with van der Waals surface area (Å²) in [5, 5.41) is 11.7. The molecule has 8 bridgehead atoms. The van der Waals surface area contributed by atoms with Crippen molar-refractivity contribution >= 4 is 50.0 Å². The van der Waals surface area contributed by atoms with Gasteiger partial charge in [-0.15, -0.1) is 0 Å². The maximum Gasteiger partial charge on any atom is 0.269 e. The second kappa shape index (κ2) is 14.0. The topological polar surface area (TPSA) is 100 Å². The van der Waals surface area contributed by atoms with Gasteiger partial charge in [-0.25, -0.2) is 9.97 Å². The number of H-pyrrole nitrogens is 2. The molecule has 6 rings (SSSR count). The largest absolute Gasteiger partial charge is 0.355 e. The first-order valence-corrected chi connectivity index (χ1v) is 18.3. The Labute approximate surface area is 289 Å². The van der Waals surface area contributed by atoms with Crippen molar-refractivity contribution in [2.75, 3.05) is 0 Å². The fourth-order valence-electron chi connectivity index (χ4n) is 8.22. The lowest BCUT2D eigenvalue weighted by Gasteiger charge is -2.10. The van der Waals surface area contributed by atoms with E-state index < -0.39 is 0 Å². The second-order valence-electron chi connectivity index (χ2n) is 12.9. The number of aromatic amines is 2. The van der Waals surface area contributed by atoms with Crippen LogP contribution in [-0.4, -0.2) is 24.9 Å². The summed E-state index contributed by atoms with van der Waals surface area (Å²) in [6.45, 7) is 17.8. The van der Waals surface area contributed by atoms with Gasteiger partial charge in [0.2, 0.25) is 0 Å². The Morgan fingerprint density at radius 1 is 0.551 bits per heavy atom. The molecule has 2 aliphatic heterocycles. The van der Waals surface area contributed by atoms with Gasteiger partial charge in [-0.05, 0) is 132 Å². The van der Waals surface area contributed by atoms with Crippen LogP contribution in [0.4, 0.5) is 5.69 Å². The Morgan fingerprint density at radius 2 is 1.02 bits per heavy atom. The van der Waals surface area contributed by atoms with Crippen LogP contribution in [0.2, 0.25) is 0 Å². The Bertz CT molecular complexity index is 2180. The van der Waals surface area contributed by atoms with Crippen LogP contribution in [0.1, 0.15) is 126 Å². The molecule has 0 fully saturated rings. The highest BCUT2D eigenvalue weighted by Crippen LogP contribution is 2.43.